The maximum Gasteiger partial charge on any atom is 0.228 e. The molecule has 110 valence electrons. The highest BCUT2D eigenvalue weighted by molar-refractivity contribution is 6.17. The molecule has 2 atom stereocenters. The first kappa shape index (κ1) is 15.1. The van der Waals surface area contributed by atoms with Gasteiger partial charge in [-0.2, -0.15) is 0 Å². The van der Waals surface area contributed by atoms with Gasteiger partial charge in [-0.1, -0.05) is 6.92 Å². The summed E-state index contributed by atoms with van der Waals surface area (Å²) < 4.78 is 11.2. The first-order valence-electron chi connectivity index (χ1n) is 7.34. The molecule has 0 N–H and O–H groups in total. The zero-order valence-corrected chi connectivity index (χ0v) is 12.4. The van der Waals surface area contributed by atoms with Gasteiger partial charge in [0.25, 0.3) is 0 Å². The highest BCUT2D eigenvalue weighted by Gasteiger charge is 2.36. The number of hydrogen-bond acceptors (Lipinski definition) is 3. The lowest BCUT2D eigenvalue weighted by atomic mass is 9.96. The molecule has 2 aliphatic heterocycles. The van der Waals surface area contributed by atoms with Crippen molar-refractivity contribution in [3.05, 3.63) is 0 Å². The summed E-state index contributed by atoms with van der Waals surface area (Å²) in [5.41, 5.74) is 0. The Hall–Kier alpha value is -0.320. The van der Waals surface area contributed by atoms with Crippen LogP contribution in [-0.2, 0) is 14.3 Å². The summed E-state index contributed by atoms with van der Waals surface area (Å²) in [5.74, 6) is 0.891. The van der Waals surface area contributed by atoms with Gasteiger partial charge in [0.2, 0.25) is 5.91 Å². The number of rotatable bonds is 5. The van der Waals surface area contributed by atoms with Crippen molar-refractivity contribution in [3.63, 3.8) is 0 Å². The van der Waals surface area contributed by atoms with Gasteiger partial charge in [-0.3, -0.25) is 4.79 Å². The topological polar surface area (TPSA) is 38.8 Å². The van der Waals surface area contributed by atoms with Crippen molar-refractivity contribution in [2.24, 2.45) is 5.92 Å². The second kappa shape index (κ2) is 7.46. The van der Waals surface area contributed by atoms with Crippen molar-refractivity contribution in [1.29, 1.82) is 0 Å². The molecule has 0 radical (unpaired) electrons. The standard InChI is InChI=1S/C14H24ClNO3/c1-2-13-12(5-9-19-13)14(17)16-7-3-11(4-8-16)18-10-6-15/h11-13H,2-10H2,1H3. The summed E-state index contributed by atoms with van der Waals surface area (Å²) in [6.07, 6.45) is 4.04. The number of halogens is 1. The van der Waals surface area contributed by atoms with Crippen molar-refractivity contribution in [1.82, 2.24) is 4.90 Å². The van der Waals surface area contributed by atoms with Crippen LogP contribution in [0, 0.1) is 5.92 Å². The van der Waals surface area contributed by atoms with E-state index in [1.807, 2.05) is 4.90 Å². The van der Waals surface area contributed by atoms with Crippen molar-refractivity contribution in [2.75, 3.05) is 32.2 Å². The Morgan fingerprint density at radius 1 is 1.37 bits per heavy atom. The van der Waals surface area contributed by atoms with Gasteiger partial charge in [-0.25, -0.2) is 0 Å². The second-order valence-corrected chi connectivity index (χ2v) is 5.68. The third kappa shape index (κ3) is 3.83. The monoisotopic (exact) mass is 289 g/mol. The van der Waals surface area contributed by atoms with Crippen LogP contribution in [0.5, 0.6) is 0 Å². The number of carbonyl (C=O) groups is 1. The second-order valence-electron chi connectivity index (χ2n) is 5.30. The van der Waals surface area contributed by atoms with Crippen LogP contribution in [0.2, 0.25) is 0 Å². The summed E-state index contributed by atoms with van der Waals surface area (Å²) in [4.78, 5) is 14.5. The molecule has 1 amide bonds. The highest BCUT2D eigenvalue weighted by Crippen LogP contribution is 2.27. The molecule has 2 saturated heterocycles. The van der Waals surface area contributed by atoms with Gasteiger partial charge in [-0.05, 0) is 25.7 Å². The molecule has 0 saturated carbocycles. The van der Waals surface area contributed by atoms with Crippen molar-refractivity contribution in [2.45, 2.75) is 44.8 Å². The lowest BCUT2D eigenvalue weighted by Crippen LogP contribution is -2.45. The average Bonchev–Trinajstić information content (AvgIpc) is 2.93. The minimum atomic E-state index is 0.0744. The fourth-order valence-corrected chi connectivity index (χ4v) is 3.11. The van der Waals surface area contributed by atoms with Crippen LogP contribution in [0.4, 0.5) is 0 Å². The van der Waals surface area contributed by atoms with Crippen molar-refractivity contribution < 1.29 is 14.3 Å². The van der Waals surface area contributed by atoms with E-state index in [0.29, 0.717) is 12.5 Å². The fourth-order valence-electron chi connectivity index (χ4n) is 3.02. The molecule has 2 unspecified atom stereocenters. The molecule has 0 aromatic rings. The average molecular weight is 290 g/mol. The van der Waals surface area contributed by atoms with Gasteiger partial charge in [0, 0.05) is 25.6 Å². The van der Waals surface area contributed by atoms with Crippen LogP contribution in [0.15, 0.2) is 0 Å². The molecule has 2 heterocycles. The van der Waals surface area contributed by atoms with Crippen LogP contribution in [0.3, 0.4) is 0 Å². The van der Waals surface area contributed by atoms with E-state index in [-0.39, 0.29) is 24.0 Å². The van der Waals surface area contributed by atoms with Gasteiger partial charge in [-0.15, -0.1) is 11.6 Å². The van der Waals surface area contributed by atoms with Gasteiger partial charge >= 0.3 is 0 Å². The predicted molar refractivity (Wildman–Crippen MR) is 74.4 cm³/mol. The number of nitrogens with zero attached hydrogens (tertiary/aromatic N) is 1. The number of carbonyl (C=O) groups excluding carboxylic acids is 1. The Morgan fingerprint density at radius 2 is 2.11 bits per heavy atom. The SMILES string of the molecule is CCC1OCCC1C(=O)N1CCC(OCCCl)CC1. The van der Waals surface area contributed by atoms with Gasteiger partial charge in [0.05, 0.1) is 24.7 Å². The van der Waals surface area contributed by atoms with Gasteiger partial charge < -0.3 is 14.4 Å². The van der Waals surface area contributed by atoms with Gasteiger partial charge in [0.15, 0.2) is 0 Å². The van der Waals surface area contributed by atoms with E-state index in [0.717, 1.165) is 45.4 Å². The Balaban J connectivity index is 1.79. The van der Waals surface area contributed by atoms with Crippen LogP contribution >= 0.6 is 11.6 Å². The Bertz CT molecular complexity index is 292. The number of ether oxygens (including phenoxy) is 2. The van der Waals surface area contributed by atoms with E-state index < -0.39 is 0 Å². The lowest BCUT2D eigenvalue weighted by molar-refractivity contribution is -0.139. The summed E-state index contributed by atoms with van der Waals surface area (Å²) in [7, 11) is 0. The van der Waals surface area contributed by atoms with Crippen LogP contribution in [0.25, 0.3) is 0 Å². The minimum absolute atomic E-state index is 0.0744. The summed E-state index contributed by atoms with van der Waals surface area (Å²) >= 11 is 5.61. The molecule has 0 aromatic heterocycles. The number of alkyl halides is 1. The van der Waals surface area contributed by atoms with E-state index >= 15 is 0 Å². The molecule has 19 heavy (non-hydrogen) atoms. The minimum Gasteiger partial charge on any atom is -0.377 e. The quantitative estimate of drug-likeness (QED) is 0.727. The van der Waals surface area contributed by atoms with Crippen molar-refractivity contribution in [3.8, 4) is 0 Å². The number of hydrogen-bond donors (Lipinski definition) is 0. The Labute approximate surface area is 120 Å². The molecule has 0 bridgehead atoms. The smallest absolute Gasteiger partial charge is 0.228 e. The third-order valence-electron chi connectivity index (χ3n) is 4.11. The van der Waals surface area contributed by atoms with E-state index in [2.05, 4.69) is 6.92 Å². The van der Waals surface area contributed by atoms with Crippen molar-refractivity contribution >= 4 is 17.5 Å². The number of amides is 1. The maximum absolute atomic E-state index is 12.5. The molecule has 0 aliphatic carbocycles. The normalized spacial score (nSPS) is 28.8. The maximum atomic E-state index is 12.5. The van der Waals surface area contributed by atoms with Crippen LogP contribution in [-0.4, -0.2) is 55.2 Å². The molecule has 0 aromatic carbocycles. The fraction of sp³-hybridized carbons (Fsp3) is 0.929. The zero-order chi connectivity index (χ0) is 13.7. The van der Waals surface area contributed by atoms with E-state index in [4.69, 9.17) is 21.1 Å². The van der Waals surface area contributed by atoms with Crippen LogP contribution in [0.1, 0.15) is 32.6 Å². The molecule has 5 heteroatoms. The molecule has 2 rings (SSSR count). The largest absolute Gasteiger partial charge is 0.377 e. The molecular weight excluding hydrogens is 266 g/mol. The van der Waals surface area contributed by atoms with Crippen LogP contribution < -0.4 is 0 Å². The molecular formula is C14H24ClNO3. The highest BCUT2D eigenvalue weighted by atomic mass is 35.5. The first-order chi connectivity index (χ1) is 9.26. The first-order valence-corrected chi connectivity index (χ1v) is 7.87. The summed E-state index contributed by atoms with van der Waals surface area (Å²) in [6.45, 7) is 5.03. The van der Waals surface area contributed by atoms with Gasteiger partial charge in [0.1, 0.15) is 0 Å². The van der Waals surface area contributed by atoms with E-state index in [1.54, 1.807) is 0 Å². The zero-order valence-electron chi connectivity index (χ0n) is 11.6. The van der Waals surface area contributed by atoms with E-state index in [9.17, 15) is 4.79 Å². The van der Waals surface area contributed by atoms with E-state index in [1.165, 1.54) is 0 Å². The Kier molecular flexibility index (Phi) is 5.92. The lowest BCUT2D eigenvalue weighted by Gasteiger charge is -2.34. The molecule has 2 fully saturated rings. The number of piperidine rings is 1. The number of likely N-dealkylation sites (tertiary alicyclic amines) is 1. The molecule has 0 spiro atoms. The molecule has 2 aliphatic rings. The predicted octanol–water partition coefficient (Wildman–Crippen LogP) is 2.05. The third-order valence-corrected chi connectivity index (χ3v) is 4.27. The summed E-state index contributed by atoms with van der Waals surface area (Å²) in [5, 5.41) is 0. The summed E-state index contributed by atoms with van der Waals surface area (Å²) in [6, 6.07) is 0. The molecule has 4 nitrogen and oxygen atoms in total. The Morgan fingerprint density at radius 3 is 2.74 bits per heavy atom.